The van der Waals surface area contributed by atoms with Crippen molar-refractivity contribution in [3.05, 3.63) is 23.2 Å². The Morgan fingerprint density at radius 1 is 1.56 bits per heavy atom. The van der Waals surface area contributed by atoms with Gasteiger partial charge in [-0.25, -0.2) is 0 Å². The summed E-state index contributed by atoms with van der Waals surface area (Å²) in [5.74, 6) is 0. The highest BCUT2D eigenvalue weighted by Crippen LogP contribution is 2.18. The van der Waals surface area contributed by atoms with Crippen molar-refractivity contribution in [3.8, 4) is 0 Å². The van der Waals surface area contributed by atoms with E-state index in [1.807, 2.05) is 12.3 Å². The molecule has 16 heavy (non-hydrogen) atoms. The van der Waals surface area contributed by atoms with Gasteiger partial charge in [0.25, 0.3) is 0 Å². The van der Waals surface area contributed by atoms with E-state index in [4.69, 9.17) is 12.2 Å². The zero-order valence-corrected chi connectivity index (χ0v) is 10.6. The van der Waals surface area contributed by atoms with Crippen LogP contribution in [0.4, 0.5) is 0 Å². The highest BCUT2D eigenvalue weighted by atomic mass is 32.1. The molecule has 0 aliphatic heterocycles. The average Bonchev–Trinajstić information content (AvgIpc) is 2.52. The summed E-state index contributed by atoms with van der Waals surface area (Å²) in [5.41, 5.74) is 2.12. The molecule has 1 atom stereocenters. The van der Waals surface area contributed by atoms with Gasteiger partial charge in [-0.3, -0.25) is 4.98 Å². The van der Waals surface area contributed by atoms with E-state index in [9.17, 15) is 0 Å². The minimum Gasteiger partial charge on any atom is -0.329 e. The van der Waals surface area contributed by atoms with Crippen LogP contribution < -0.4 is 0 Å². The lowest BCUT2D eigenvalue weighted by Gasteiger charge is -2.18. The van der Waals surface area contributed by atoms with Crippen molar-refractivity contribution in [1.29, 1.82) is 0 Å². The lowest BCUT2D eigenvalue weighted by atomic mass is 10.3. The smallest absolute Gasteiger partial charge is 0.178 e. The first-order valence-corrected chi connectivity index (χ1v) is 5.69. The first-order valence-electron chi connectivity index (χ1n) is 5.28. The molecule has 1 N–H and O–H groups in total. The Kier molecular flexibility index (Phi) is 3.07. The minimum atomic E-state index is 0.346. The van der Waals surface area contributed by atoms with Crippen molar-refractivity contribution < 1.29 is 0 Å². The molecule has 0 saturated carbocycles. The summed E-state index contributed by atoms with van der Waals surface area (Å²) < 4.78 is 2.91. The molecule has 0 aromatic carbocycles. The summed E-state index contributed by atoms with van der Waals surface area (Å²) in [4.78, 5) is 9.42. The Morgan fingerprint density at radius 2 is 2.31 bits per heavy atom. The number of aromatic nitrogens is 3. The fraction of sp³-hybridized carbons (Fsp3) is 0.455. The molecular weight excluding hydrogens is 220 g/mol. The Labute approximate surface area is 99.9 Å². The topological polar surface area (TPSA) is 36.9 Å². The third kappa shape index (κ3) is 2.01. The Hall–Kier alpha value is -1.20. The first-order chi connectivity index (χ1) is 7.59. The SMILES string of the molecule is CC(CN(C)C)n1c(=S)[nH]c2cnccc21. The number of pyridine rings is 1. The number of fused-ring (bicyclic) bond motifs is 1. The maximum Gasteiger partial charge on any atom is 0.178 e. The quantitative estimate of drug-likeness (QED) is 0.830. The number of aromatic amines is 1. The normalized spacial score (nSPS) is 13.5. The zero-order valence-electron chi connectivity index (χ0n) is 9.77. The molecule has 4 nitrogen and oxygen atoms in total. The summed E-state index contributed by atoms with van der Waals surface area (Å²) in [6, 6.07) is 2.34. The third-order valence-electron chi connectivity index (χ3n) is 2.59. The summed E-state index contributed by atoms with van der Waals surface area (Å²) in [7, 11) is 4.13. The summed E-state index contributed by atoms with van der Waals surface area (Å²) in [5, 5.41) is 0. The molecule has 0 aliphatic rings. The highest BCUT2D eigenvalue weighted by molar-refractivity contribution is 7.71. The molecule has 0 amide bonds. The van der Waals surface area contributed by atoms with E-state index in [-0.39, 0.29) is 0 Å². The molecule has 1 unspecified atom stereocenters. The predicted octanol–water partition coefficient (Wildman–Crippen LogP) is 2.22. The van der Waals surface area contributed by atoms with Gasteiger partial charge in [0.2, 0.25) is 0 Å². The van der Waals surface area contributed by atoms with Crippen molar-refractivity contribution >= 4 is 23.3 Å². The number of nitrogens with one attached hydrogen (secondary N) is 1. The van der Waals surface area contributed by atoms with E-state index in [2.05, 4.69) is 40.5 Å². The molecule has 0 radical (unpaired) electrons. The molecule has 86 valence electrons. The Bertz CT molecular complexity index is 540. The van der Waals surface area contributed by atoms with Crippen LogP contribution in [0.25, 0.3) is 11.0 Å². The van der Waals surface area contributed by atoms with E-state index < -0.39 is 0 Å². The predicted molar refractivity (Wildman–Crippen MR) is 68.2 cm³/mol. The number of hydrogen-bond acceptors (Lipinski definition) is 3. The van der Waals surface area contributed by atoms with E-state index in [1.165, 1.54) is 0 Å². The van der Waals surface area contributed by atoms with Gasteiger partial charge in [-0.05, 0) is 39.3 Å². The summed E-state index contributed by atoms with van der Waals surface area (Å²) in [6.45, 7) is 3.13. The summed E-state index contributed by atoms with van der Waals surface area (Å²) in [6.07, 6.45) is 3.60. The number of H-pyrrole nitrogens is 1. The lowest BCUT2D eigenvalue weighted by molar-refractivity contribution is 0.339. The molecule has 0 spiro atoms. The van der Waals surface area contributed by atoms with Crippen LogP contribution in [0.15, 0.2) is 18.5 Å². The van der Waals surface area contributed by atoms with Gasteiger partial charge in [-0.15, -0.1) is 0 Å². The summed E-state index contributed by atoms with van der Waals surface area (Å²) >= 11 is 5.34. The Balaban J connectivity index is 2.51. The molecule has 0 aliphatic carbocycles. The van der Waals surface area contributed by atoms with Gasteiger partial charge in [0.1, 0.15) is 0 Å². The molecule has 0 saturated heterocycles. The average molecular weight is 236 g/mol. The molecule has 2 rings (SSSR count). The van der Waals surface area contributed by atoms with Gasteiger partial charge >= 0.3 is 0 Å². The minimum absolute atomic E-state index is 0.346. The van der Waals surface area contributed by atoms with Crippen LogP contribution in [-0.2, 0) is 0 Å². The first kappa shape index (κ1) is 11.3. The van der Waals surface area contributed by atoms with Crippen LogP contribution in [0.5, 0.6) is 0 Å². The van der Waals surface area contributed by atoms with Gasteiger partial charge in [0, 0.05) is 18.8 Å². The van der Waals surface area contributed by atoms with Crippen LogP contribution >= 0.6 is 12.2 Å². The Morgan fingerprint density at radius 3 is 3.00 bits per heavy atom. The van der Waals surface area contributed by atoms with Gasteiger partial charge in [0.15, 0.2) is 4.77 Å². The van der Waals surface area contributed by atoms with E-state index in [1.54, 1.807) is 6.20 Å². The monoisotopic (exact) mass is 236 g/mol. The van der Waals surface area contributed by atoms with Crippen molar-refractivity contribution in [2.75, 3.05) is 20.6 Å². The largest absolute Gasteiger partial charge is 0.329 e. The zero-order chi connectivity index (χ0) is 11.7. The fourth-order valence-corrected chi connectivity index (χ4v) is 2.41. The van der Waals surface area contributed by atoms with Crippen molar-refractivity contribution in [3.63, 3.8) is 0 Å². The maximum atomic E-state index is 5.34. The van der Waals surface area contributed by atoms with E-state index >= 15 is 0 Å². The van der Waals surface area contributed by atoms with Gasteiger partial charge < -0.3 is 14.5 Å². The molecule has 2 aromatic rings. The molecule has 0 bridgehead atoms. The second kappa shape index (κ2) is 4.35. The van der Waals surface area contributed by atoms with Crippen LogP contribution in [0, 0.1) is 4.77 Å². The van der Waals surface area contributed by atoms with Crippen LogP contribution in [-0.4, -0.2) is 40.1 Å². The van der Waals surface area contributed by atoms with E-state index in [0.29, 0.717) is 6.04 Å². The molecule has 2 aromatic heterocycles. The van der Waals surface area contributed by atoms with Crippen LogP contribution in [0.1, 0.15) is 13.0 Å². The highest BCUT2D eigenvalue weighted by Gasteiger charge is 2.11. The second-order valence-electron chi connectivity index (χ2n) is 4.30. The second-order valence-corrected chi connectivity index (χ2v) is 4.69. The van der Waals surface area contributed by atoms with Crippen molar-refractivity contribution in [1.82, 2.24) is 19.4 Å². The van der Waals surface area contributed by atoms with Crippen molar-refractivity contribution in [2.45, 2.75) is 13.0 Å². The number of rotatable bonds is 3. The van der Waals surface area contributed by atoms with Gasteiger partial charge in [-0.1, -0.05) is 0 Å². The molecular formula is C11H16N4S. The van der Waals surface area contributed by atoms with Crippen molar-refractivity contribution in [2.24, 2.45) is 0 Å². The fourth-order valence-electron chi connectivity index (χ4n) is 2.03. The van der Waals surface area contributed by atoms with Gasteiger partial charge in [-0.2, -0.15) is 0 Å². The third-order valence-corrected chi connectivity index (χ3v) is 2.89. The number of imidazole rings is 1. The number of likely N-dealkylation sites (N-methyl/N-ethyl adjacent to an activating group) is 1. The molecule has 5 heteroatoms. The van der Waals surface area contributed by atoms with Crippen LogP contribution in [0.2, 0.25) is 0 Å². The lowest BCUT2D eigenvalue weighted by Crippen LogP contribution is -2.22. The van der Waals surface area contributed by atoms with E-state index in [0.717, 1.165) is 22.3 Å². The standard InChI is InChI=1S/C11H16N4S/c1-8(7-14(2)3)15-10-4-5-12-6-9(10)13-11(15)16/h4-6,8H,7H2,1-3H3,(H,13,16). The molecule has 2 heterocycles. The maximum absolute atomic E-state index is 5.34. The number of nitrogens with zero attached hydrogens (tertiary/aromatic N) is 3. The number of hydrogen-bond donors (Lipinski definition) is 1. The molecule has 0 fully saturated rings. The van der Waals surface area contributed by atoms with Crippen LogP contribution in [0.3, 0.4) is 0 Å². The van der Waals surface area contributed by atoms with Gasteiger partial charge in [0.05, 0.1) is 17.2 Å².